The number of amides is 1. The Morgan fingerprint density at radius 1 is 1.21 bits per heavy atom. The van der Waals surface area contributed by atoms with Crippen LogP contribution in [0.1, 0.15) is 22.8 Å². The van der Waals surface area contributed by atoms with Crippen LogP contribution < -0.4 is 19.5 Å². The molecule has 2 aromatic rings. The van der Waals surface area contributed by atoms with E-state index in [0.717, 1.165) is 5.56 Å². The van der Waals surface area contributed by atoms with E-state index >= 15 is 0 Å². The van der Waals surface area contributed by atoms with E-state index in [1.807, 2.05) is 0 Å². The maximum atomic E-state index is 12.5. The van der Waals surface area contributed by atoms with Crippen LogP contribution in [0.4, 0.5) is 5.69 Å². The van der Waals surface area contributed by atoms with Crippen LogP contribution in [-0.2, 0) is 9.53 Å². The van der Waals surface area contributed by atoms with Gasteiger partial charge in [-0.1, -0.05) is 17.7 Å². The van der Waals surface area contributed by atoms with Crippen molar-refractivity contribution < 1.29 is 28.5 Å². The molecule has 0 radical (unpaired) electrons. The largest absolute Gasteiger partial charge is 0.493 e. The molecule has 1 aliphatic heterocycles. The predicted molar refractivity (Wildman–Crippen MR) is 104 cm³/mol. The number of hydrogen-bond donors (Lipinski definition) is 1. The first-order valence-electron chi connectivity index (χ1n) is 8.65. The Hall–Kier alpha value is -2.93. The van der Waals surface area contributed by atoms with Gasteiger partial charge in [0, 0.05) is 10.7 Å². The van der Waals surface area contributed by atoms with Gasteiger partial charge in [-0.2, -0.15) is 0 Å². The Morgan fingerprint density at radius 3 is 2.71 bits per heavy atom. The SMILES string of the molecule is COc1cc(C(=O)O[C@@H](C)C(=O)Nc2cccc(Cl)c2C)cc2c1OCCO2. The highest BCUT2D eigenvalue weighted by atomic mass is 35.5. The molecule has 0 saturated carbocycles. The van der Waals surface area contributed by atoms with E-state index in [2.05, 4.69) is 5.32 Å². The lowest BCUT2D eigenvalue weighted by atomic mass is 10.1. The molecule has 1 N–H and O–H groups in total. The van der Waals surface area contributed by atoms with E-state index in [1.54, 1.807) is 25.1 Å². The molecule has 28 heavy (non-hydrogen) atoms. The molecule has 1 aliphatic rings. The highest BCUT2D eigenvalue weighted by Crippen LogP contribution is 2.40. The van der Waals surface area contributed by atoms with E-state index < -0.39 is 18.0 Å². The number of hydrogen-bond acceptors (Lipinski definition) is 6. The molecule has 148 valence electrons. The quantitative estimate of drug-likeness (QED) is 0.765. The first-order chi connectivity index (χ1) is 13.4. The standard InChI is InChI=1S/C20H20ClNO6/c1-11-14(21)5-4-6-15(11)22-19(23)12(2)28-20(24)13-9-16(25-3)18-17(10-13)26-7-8-27-18/h4-6,9-10,12H,7-8H2,1-3H3,(H,22,23)/t12-/m0/s1. The molecule has 1 amide bonds. The number of methoxy groups -OCH3 is 1. The van der Waals surface area contributed by atoms with Gasteiger partial charge in [0.25, 0.3) is 5.91 Å². The van der Waals surface area contributed by atoms with E-state index in [0.29, 0.717) is 41.2 Å². The summed E-state index contributed by atoms with van der Waals surface area (Å²) in [7, 11) is 1.46. The molecule has 0 unspecified atom stereocenters. The molecule has 1 atom stereocenters. The molecule has 0 aromatic heterocycles. The van der Waals surface area contributed by atoms with Gasteiger partial charge in [-0.05, 0) is 43.7 Å². The second-order valence-electron chi connectivity index (χ2n) is 6.15. The Balaban J connectivity index is 1.71. The summed E-state index contributed by atoms with van der Waals surface area (Å²) in [4.78, 5) is 24.9. The number of carbonyl (C=O) groups excluding carboxylic acids is 2. The number of fused-ring (bicyclic) bond motifs is 1. The number of rotatable bonds is 5. The van der Waals surface area contributed by atoms with Gasteiger partial charge in [-0.25, -0.2) is 4.79 Å². The number of halogens is 1. The molecule has 8 heteroatoms. The summed E-state index contributed by atoms with van der Waals surface area (Å²) in [5.41, 5.74) is 1.48. The van der Waals surface area contributed by atoms with Crippen molar-refractivity contribution in [2.45, 2.75) is 20.0 Å². The van der Waals surface area contributed by atoms with Crippen molar-refractivity contribution in [2.24, 2.45) is 0 Å². The second-order valence-corrected chi connectivity index (χ2v) is 6.56. The summed E-state index contributed by atoms with van der Waals surface area (Å²) in [6.07, 6.45) is -1.02. The van der Waals surface area contributed by atoms with Gasteiger partial charge in [-0.15, -0.1) is 0 Å². The van der Waals surface area contributed by atoms with E-state index in [1.165, 1.54) is 26.2 Å². The normalized spacial score (nSPS) is 13.4. The van der Waals surface area contributed by atoms with Crippen molar-refractivity contribution in [1.82, 2.24) is 0 Å². The predicted octanol–water partition coefficient (Wildman–Crippen LogP) is 3.61. The molecule has 3 rings (SSSR count). The lowest BCUT2D eigenvalue weighted by Gasteiger charge is -2.21. The highest BCUT2D eigenvalue weighted by molar-refractivity contribution is 6.31. The maximum Gasteiger partial charge on any atom is 0.339 e. The Morgan fingerprint density at radius 2 is 1.96 bits per heavy atom. The zero-order valence-corrected chi connectivity index (χ0v) is 16.5. The Labute approximate surface area is 167 Å². The van der Waals surface area contributed by atoms with Crippen LogP contribution in [0, 0.1) is 6.92 Å². The lowest BCUT2D eigenvalue weighted by Crippen LogP contribution is -2.30. The molecule has 0 spiro atoms. The molecule has 0 fully saturated rings. The minimum absolute atomic E-state index is 0.194. The van der Waals surface area contributed by atoms with Gasteiger partial charge in [0.15, 0.2) is 17.6 Å². The summed E-state index contributed by atoms with van der Waals surface area (Å²) in [5.74, 6) is 0.0384. The van der Waals surface area contributed by atoms with Gasteiger partial charge in [-0.3, -0.25) is 4.79 Å². The van der Waals surface area contributed by atoms with Gasteiger partial charge in [0.1, 0.15) is 13.2 Å². The summed E-state index contributed by atoms with van der Waals surface area (Å²) < 4.78 is 21.6. The molecule has 0 bridgehead atoms. The van der Waals surface area contributed by atoms with Gasteiger partial charge in [0.05, 0.1) is 12.7 Å². The number of esters is 1. The second kappa shape index (κ2) is 8.39. The fourth-order valence-electron chi connectivity index (χ4n) is 2.65. The van der Waals surface area contributed by atoms with Crippen molar-refractivity contribution in [3.05, 3.63) is 46.5 Å². The third kappa shape index (κ3) is 4.14. The smallest absolute Gasteiger partial charge is 0.339 e. The number of carbonyl (C=O) groups is 2. The first-order valence-corrected chi connectivity index (χ1v) is 9.03. The Bertz CT molecular complexity index is 897. The molecular weight excluding hydrogens is 386 g/mol. The number of anilines is 1. The van der Waals surface area contributed by atoms with Crippen LogP contribution in [0.2, 0.25) is 5.02 Å². The van der Waals surface area contributed by atoms with Gasteiger partial charge < -0.3 is 24.3 Å². The van der Waals surface area contributed by atoms with Crippen LogP contribution >= 0.6 is 11.6 Å². The zero-order valence-electron chi connectivity index (χ0n) is 15.7. The molecule has 2 aromatic carbocycles. The fourth-order valence-corrected chi connectivity index (χ4v) is 2.82. The minimum Gasteiger partial charge on any atom is -0.493 e. The molecule has 0 saturated heterocycles. The fraction of sp³-hybridized carbons (Fsp3) is 0.300. The minimum atomic E-state index is -1.02. The number of benzene rings is 2. The summed E-state index contributed by atoms with van der Waals surface area (Å²) in [5, 5.41) is 3.24. The molecule has 7 nitrogen and oxygen atoms in total. The molecule has 1 heterocycles. The average Bonchev–Trinajstić information content (AvgIpc) is 2.70. The van der Waals surface area contributed by atoms with E-state index in [9.17, 15) is 9.59 Å². The van der Waals surface area contributed by atoms with Crippen LogP contribution in [0.25, 0.3) is 0 Å². The number of nitrogens with one attached hydrogen (secondary N) is 1. The van der Waals surface area contributed by atoms with Crippen LogP contribution in [0.5, 0.6) is 17.2 Å². The van der Waals surface area contributed by atoms with Crippen LogP contribution in [0.3, 0.4) is 0 Å². The maximum absolute atomic E-state index is 12.5. The average molecular weight is 406 g/mol. The third-order valence-electron chi connectivity index (χ3n) is 4.24. The van der Waals surface area contributed by atoms with Crippen LogP contribution in [0.15, 0.2) is 30.3 Å². The van der Waals surface area contributed by atoms with Gasteiger partial charge >= 0.3 is 5.97 Å². The van der Waals surface area contributed by atoms with E-state index in [-0.39, 0.29) is 5.56 Å². The third-order valence-corrected chi connectivity index (χ3v) is 4.65. The zero-order chi connectivity index (χ0) is 20.3. The highest BCUT2D eigenvalue weighted by Gasteiger charge is 2.24. The first kappa shape index (κ1) is 19.8. The summed E-state index contributed by atoms with van der Waals surface area (Å²) in [6, 6.07) is 8.17. The van der Waals surface area contributed by atoms with Gasteiger partial charge in [0.2, 0.25) is 5.75 Å². The van der Waals surface area contributed by atoms with Crippen molar-refractivity contribution in [1.29, 1.82) is 0 Å². The topological polar surface area (TPSA) is 83.1 Å². The number of ether oxygens (including phenoxy) is 4. The van der Waals surface area contributed by atoms with Crippen molar-refractivity contribution >= 4 is 29.2 Å². The van der Waals surface area contributed by atoms with Crippen molar-refractivity contribution in [3.8, 4) is 17.2 Å². The summed E-state index contributed by atoms with van der Waals surface area (Å²) in [6.45, 7) is 4.04. The van der Waals surface area contributed by atoms with Crippen LogP contribution in [-0.4, -0.2) is 38.3 Å². The lowest BCUT2D eigenvalue weighted by molar-refractivity contribution is -0.123. The Kier molecular flexibility index (Phi) is 5.94. The molecular formula is C20H20ClNO6. The van der Waals surface area contributed by atoms with Crippen molar-refractivity contribution in [2.75, 3.05) is 25.6 Å². The van der Waals surface area contributed by atoms with Crippen molar-refractivity contribution in [3.63, 3.8) is 0 Å². The monoisotopic (exact) mass is 405 g/mol. The molecule has 0 aliphatic carbocycles. The summed E-state index contributed by atoms with van der Waals surface area (Å²) >= 11 is 6.06. The van der Waals surface area contributed by atoms with E-state index in [4.69, 9.17) is 30.5 Å².